The first kappa shape index (κ1) is 14.1. The number of pyridine rings is 1. The smallest absolute Gasteiger partial charge is 0.341 e. The number of ether oxygens (including phenoxy) is 1. The number of rotatable bonds is 3. The van der Waals surface area contributed by atoms with Crippen molar-refractivity contribution in [2.45, 2.75) is 25.3 Å². The highest BCUT2D eigenvalue weighted by atomic mass is 16.5. The fourth-order valence-electron chi connectivity index (χ4n) is 2.44. The molecule has 7 heteroatoms. The summed E-state index contributed by atoms with van der Waals surface area (Å²) in [4.78, 5) is 29.4. The van der Waals surface area contributed by atoms with Gasteiger partial charge in [-0.05, 0) is 25.3 Å². The molecule has 0 aliphatic carbocycles. The summed E-state index contributed by atoms with van der Waals surface area (Å²) in [5.74, 6) is -0.553. The van der Waals surface area contributed by atoms with E-state index in [9.17, 15) is 9.59 Å². The predicted octanol–water partition coefficient (Wildman–Crippen LogP) is 0.295. The van der Waals surface area contributed by atoms with Crippen LogP contribution in [0.15, 0.2) is 12.3 Å². The zero-order valence-corrected chi connectivity index (χ0v) is 11.3. The molecule has 0 aromatic carbocycles. The Kier molecular flexibility index (Phi) is 4.07. The van der Waals surface area contributed by atoms with E-state index in [0.29, 0.717) is 24.5 Å². The van der Waals surface area contributed by atoms with Gasteiger partial charge in [-0.3, -0.25) is 4.79 Å². The van der Waals surface area contributed by atoms with Crippen molar-refractivity contribution in [2.24, 2.45) is 5.73 Å². The number of methoxy groups -OCH3 is 1. The third-order valence-electron chi connectivity index (χ3n) is 3.40. The van der Waals surface area contributed by atoms with Crippen molar-refractivity contribution in [1.29, 1.82) is 0 Å². The number of primary amides is 1. The molecule has 1 fully saturated rings. The van der Waals surface area contributed by atoms with Gasteiger partial charge in [-0.1, -0.05) is 0 Å². The van der Waals surface area contributed by atoms with Crippen LogP contribution < -0.4 is 16.4 Å². The average molecular weight is 278 g/mol. The molecule has 0 radical (unpaired) electrons. The highest BCUT2D eigenvalue weighted by molar-refractivity contribution is 5.96. The number of nitrogen functional groups attached to an aromatic ring is 1. The largest absolute Gasteiger partial charge is 0.465 e. The summed E-state index contributed by atoms with van der Waals surface area (Å²) in [6.07, 6.45) is 3.94. The number of hydrogen-bond donors (Lipinski definition) is 2. The summed E-state index contributed by atoms with van der Waals surface area (Å²) in [7, 11) is 1.29. The molecule has 1 saturated heterocycles. The molecule has 1 aromatic rings. The van der Waals surface area contributed by atoms with Crippen LogP contribution in [0.3, 0.4) is 0 Å². The quantitative estimate of drug-likeness (QED) is 0.769. The Morgan fingerprint density at radius 3 is 2.85 bits per heavy atom. The van der Waals surface area contributed by atoms with Crippen LogP contribution in [-0.2, 0) is 9.53 Å². The fourth-order valence-corrected chi connectivity index (χ4v) is 2.44. The first-order chi connectivity index (χ1) is 9.54. The molecule has 1 amide bonds. The average Bonchev–Trinajstić information content (AvgIpc) is 2.46. The highest BCUT2D eigenvalue weighted by Crippen LogP contribution is 2.27. The van der Waals surface area contributed by atoms with E-state index >= 15 is 0 Å². The Morgan fingerprint density at radius 1 is 1.45 bits per heavy atom. The summed E-state index contributed by atoms with van der Waals surface area (Å²) >= 11 is 0. The molecule has 108 valence electrons. The number of aromatic nitrogens is 1. The minimum atomic E-state index is -0.534. The number of nitrogens with zero attached hydrogens (tertiary/aromatic N) is 2. The maximum atomic E-state index is 11.8. The first-order valence-corrected chi connectivity index (χ1v) is 6.44. The number of anilines is 2. The van der Waals surface area contributed by atoms with Gasteiger partial charge in [0.2, 0.25) is 5.91 Å². The SMILES string of the molecule is COC(=O)c1cc(N)cnc1N1CCCCC1C(N)=O. The number of hydrogen-bond acceptors (Lipinski definition) is 6. The highest BCUT2D eigenvalue weighted by Gasteiger charge is 2.31. The summed E-state index contributed by atoms with van der Waals surface area (Å²) in [5.41, 5.74) is 11.7. The zero-order chi connectivity index (χ0) is 14.7. The number of carbonyl (C=O) groups excluding carboxylic acids is 2. The van der Waals surface area contributed by atoms with Crippen LogP contribution in [-0.4, -0.2) is 36.6 Å². The second-order valence-corrected chi connectivity index (χ2v) is 4.74. The number of piperidine rings is 1. The number of nitrogens with two attached hydrogens (primary N) is 2. The van der Waals surface area contributed by atoms with Crippen molar-refractivity contribution in [1.82, 2.24) is 4.98 Å². The van der Waals surface area contributed by atoms with E-state index in [-0.39, 0.29) is 5.56 Å². The lowest BCUT2D eigenvalue weighted by atomic mass is 10.0. The summed E-state index contributed by atoms with van der Waals surface area (Å²) < 4.78 is 4.74. The maximum absolute atomic E-state index is 11.8. The van der Waals surface area contributed by atoms with Gasteiger partial charge in [-0.2, -0.15) is 0 Å². The normalized spacial score (nSPS) is 18.6. The molecule has 0 saturated carbocycles. The molecule has 0 bridgehead atoms. The van der Waals surface area contributed by atoms with Crippen LogP contribution >= 0.6 is 0 Å². The predicted molar refractivity (Wildman–Crippen MR) is 74.2 cm³/mol. The van der Waals surface area contributed by atoms with Crippen LogP contribution in [0.2, 0.25) is 0 Å². The molecular formula is C13H18N4O3. The number of esters is 1. The standard InChI is InChI=1S/C13H18N4O3/c1-20-13(19)9-6-8(14)7-16-12(9)17-5-3-2-4-10(17)11(15)18/h6-7,10H,2-5,14H2,1H3,(H2,15,18). The van der Waals surface area contributed by atoms with Crippen molar-refractivity contribution in [2.75, 3.05) is 24.3 Å². The third kappa shape index (κ3) is 2.66. The third-order valence-corrected chi connectivity index (χ3v) is 3.40. The van der Waals surface area contributed by atoms with E-state index < -0.39 is 17.9 Å². The minimum absolute atomic E-state index is 0.251. The lowest BCUT2D eigenvalue weighted by Gasteiger charge is -2.35. The van der Waals surface area contributed by atoms with Gasteiger partial charge in [0.15, 0.2) is 0 Å². The first-order valence-electron chi connectivity index (χ1n) is 6.44. The van der Waals surface area contributed by atoms with Crippen LogP contribution in [0.5, 0.6) is 0 Å². The van der Waals surface area contributed by atoms with Crippen LogP contribution in [0.25, 0.3) is 0 Å². The van der Waals surface area contributed by atoms with Crippen LogP contribution in [0.4, 0.5) is 11.5 Å². The summed E-state index contributed by atoms with van der Waals surface area (Å²) in [6.45, 7) is 0.620. The molecule has 4 N–H and O–H groups in total. The molecular weight excluding hydrogens is 260 g/mol. The van der Waals surface area contributed by atoms with Crippen molar-refractivity contribution < 1.29 is 14.3 Å². The molecule has 2 heterocycles. The van der Waals surface area contributed by atoms with E-state index in [0.717, 1.165) is 12.8 Å². The van der Waals surface area contributed by atoms with E-state index in [4.69, 9.17) is 16.2 Å². The second kappa shape index (κ2) is 5.77. The van der Waals surface area contributed by atoms with Gasteiger partial charge in [0.25, 0.3) is 0 Å². The maximum Gasteiger partial charge on any atom is 0.341 e. The molecule has 2 rings (SSSR count). The molecule has 1 aliphatic heterocycles. The van der Waals surface area contributed by atoms with E-state index in [1.54, 1.807) is 4.90 Å². The fraction of sp³-hybridized carbons (Fsp3) is 0.462. The van der Waals surface area contributed by atoms with Crippen molar-refractivity contribution in [3.05, 3.63) is 17.8 Å². The van der Waals surface area contributed by atoms with Crippen molar-refractivity contribution >= 4 is 23.4 Å². The van der Waals surface area contributed by atoms with Gasteiger partial charge < -0.3 is 21.1 Å². The van der Waals surface area contributed by atoms with Gasteiger partial charge in [-0.25, -0.2) is 9.78 Å². The lowest BCUT2D eigenvalue weighted by molar-refractivity contribution is -0.119. The van der Waals surface area contributed by atoms with E-state index in [2.05, 4.69) is 4.98 Å². The molecule has 1 aliphatic rings. The molecule has 1 aromatic heterocycles. The van der Waals surface area contributed by atoms with E-state index in [1.165, 1.54) is 19.4 Å². The number of amides is 1. The van der Waals surface area contributed by atoms with Crippen molar-refractivity contribution in [3.8, 4) is 0 Å². The lowest BCUT2D eigenvalue weighted by Crippen LogP contribution is -2.48. The van der Waals surface area contributed by atoms with Gasteiger partial charge in [-0.15, -0.1) is 0 Å². The van der Waals surface area contributed by atoms with Gasteiger partial charge in [0.1, 0.15) is 17.4 Å². The Morgan fingerprint density at radius 2 is 2.20 bits per heavy atom. The van der Waals surface area contributed by atoms with Crippen LogP contribution in [0.1, 0.15) is 29.6 Å². The Hall–Kier alpha value is -2.31. The van der Waals surface area contributed by atoms with E-state index in [1.807, 2.05) is 0 Å². The number of carbonyl (C=O) groups is 2. The zero-order valence-electron chi connectivity index (χ0n) is 11.3. The topological polar surface area (TPSA) is 112 Å². The molecule has 0 spiro atoms. The molecule has 1 atom stereocenters. The monoisotopic (exact) mass is 278 g/mol. The van der Waals surface area contributed by atoms with Crippen LogP contribution in [0, 0.1) is 0 Å². The van der Waals surface area contributed by atoms with Crippen molar-refractivity contribution in [3.63, 3.8) is 0 Å². The Balaban J connectivity index is 2.44. The molecule has 20 heavy (non-hydrogen) atoms. The Labute approximate surface area is 116 Å². The van der Waals surface area contributed by atoms with Gasteiger partial charge >= 0.3 is 5.97 Å². The van der Waals surface area contributed by atoms with Gasteiger partial charge in [0, 0.05) is 6.54 Å². The Bertz CT molecular complexity index is 532. The second-order valence-electron chi connectivity index (χ2n) is 4.74. The molecule has 7 nitrogen and oxygen atoms in total. The molecule has 1 unspecified atom stereocenters. The minimum Gasteiger partial charge on any atom is -0.465 e. The summed E-state index contributed by atoms with van der Waals surface area (Å²) in [6, 6.07) is 1.05. The summed E-state index contributed by atoms with van der Waals surface area (Å²) in [5, 5.41) is 0. The van der Waals surface area contributed by atoms with Gasteiger partial charge in [0.05, 0.1) is 19.0 Å².